The molecule has 0 aliphatic carbocycles. The molecule has 0 spiro atoms. The Morgan fingerprint density at radius 1 is 0.903 bits per heavy atom. The van der Waals surface area contributed by atoms with Crippen LogP contribution in [0.4, 0.5) is 11.8 Å². The zero-order chi connectivity index (χ0) is 22.0. The van der Waals surface area contributed by atoms with Crippen LogP contribution in [0, 0.1) is 6.92 Å². The van der Waals surface area contributed by atoms with Gasteiger partial charge in [0.15, 0.2) is 0 Å². The fraction of sp³-hybridized carbons (Fsp3) is 0.0455. The third-order valence-corrected chi connectivity index (χ3v) is 5.76. The van der Waals surface area contributed by atoms with Crippen molar-refractivity contribution in [2.24, 2.45) is 5.14 Å². The maximum absolute atomic E-state index is 11.5. The summed E-state index contributed by atoms with van der Waals surface area (Å²) in [6, 6.07) is 19.3. The van der Waals surface area contributed by atoms with E-state index < -0.39 is 10.0 Å². The summed E-state index contributed by atoms with van der Waals surface area (Å²) < 4.78 is 23.0. The van der Waals surface area contributed by atoms with Crippen LogP contribution in [0.2, 0.25) is 5.02 Å². The average Bonchev–Trinajstić information content (AvgIpc) is 2.76. The number of anilines is 2. The standard InChI is InChI=1S/C22H18ClN5O2S/c1-14-10-18(31(24,29)30)12-25-21(14)28-22-26-13-19(23)20(27-22)17-9-5-8-16(11-17)15-6-3-2-4-7-15/h2-13H,1H3,(H2,24,29,30)(H,25,26,27,28). The number of nitrogens with one attached hydrogen (secondary N) is 1. The molecule has 4 rings (SSSR count). The van der Waals surface area contributed by atoms with E-state index in [9.17, 15) is 8.42 Å². The van der Waals surface area contributed by atoms with Gasteiger partial charge in [0.25, 0.3) is 0 Å². The Labute approximate surface area is 185 Å². The summed E-state index contributed by atoms with van der Waals surface area (Å²) in [4.78, 5) is 12.8. The summed E-state index contributed by atoms with van der Waals surface area (Å²) in [5, 5.41) is 8.57. The number of halogens is 1. The van der Waals surface area contributed by atoms with Crippen molar-refractivity contribution < 1.29 is 8.42 Å². The molecule has 3 N–H and O–H groups in total. The lowest BCUT2D eigenvalue weighted by molar-refractivity contribution is 0.597. The van der Waals surface area contributed by atoms with Gasteiger partial charge in [-0.25, -0.2) is 28.5 Å². The number of benzene rings is 2. The monoisotopic (exact) mass is 451 g/mol. The van der Waals surface area contributed by atoms with E-state index in [0.29, 0.717) is 22.1 Å². The van der Waals surface area contributed by atoms with Gasteiger partial charge in [0.2, 0.25) is 16.0 Å². The third kappa shape index (κ3) is 4.72. The van der Waals surface area contributed by atoms with E-state index in [1.54, 1.807) is 6.92 Å². The van der Waals surface area contributed by atoms with E-state index in [1.807, 2.05) is 54.6 Å². The van der Waals surface area contributed by atoms with E-state index in [1.165, 1.54) is 18.5 Å². The lowest BCUT2D eigenvalue weighted by Gasteiger charge is -2.11. The summed E-state index contributed by atoms with van der Waals surface area (Å²) in [7, 11) is -3.83. The van der Waals surface area contributed by atoms with Crippen LogP contribution in [0.1, 0.15) is 5.56 Å². The molecule has 0 aliphatic rings. The lowest BCUT2D eigenvalue weighted by atomic mass is 10.0. The summed E-state index contributed by atoms with van der Waals surface area (Å²) in [6.45, 7) is 1.71. The van der Waals surface area contributed by atoms with Gasteiger partial charge < -0.3 is 5.32 Å². The molecule has 0 saturated carbocycles. The molecule has 0 aliphatic heterocycles. The van der Waals surface area contributed by atoms with Crippen LogP contribution in [0.5, 0.6) is 0 Å². The van der Waals surface area contributed by atoms with Crippen LogP contribution in [0.15, 0.2) is 78.0 Å². The van der Waals surface area contributed by atoms with Crippen LogP contribution >= 0.6 is 11.6 Å². The molecule has 0 amide bonds. The van der Waals surface area contributed by atoms with Crippen molar-refractivity contribution in [3.63, 3.8) is 0 Å². The zero-order valence-electron chi connectivity index (χ0n) is 16.4. The molecule has 2 aromatic carbocycles. The predicted molar refractivity (Wildman–Crippen MR) is 122 cm³/mol. The number of rotatable bonds is 5. The minimum absolute atomic E-state index is 0.0639. The first-order valence-electron chi connectivity index (χ1n) is 9.26. The largest absolute Gasteiger partial charge is 0.309 e. The molecule has 156 valence electrons. The topological polar surface area (TPSA) is 111 Å². The average molecular weight is 452 g/mol. The molecule has 2 aromatic heterocycles. The van der Waals surface area contributed by atoms with E-state index in [4.69, 9.17) is 16.7 Å². The number of nitrogens with zero attached hydrogens (tertiary/aromatic N) is 3. The maximum atomic E-state index is 11.5. The van der Waals surface area contributed by atoms with Crippen molar-refractivity contribution >= 4 is 33.4 Å². The number of sulfonamides is 1. The molecule has 4 aromatic rings. The molecule has 31 heavy (non-hydrogen) atoms. The third-order valence-electron chi connectivity index (χ3n) is 4.60. The molecule has 2 heterocycles. The zero-order valence-corrected chi connectivity index (χ0v) is 18.0. The molecule has 9 heteroatoms. The van der Waals surface area contributed by atoms with Gasteiger partial charge in [0.1, 0.15) is 10.7 Å². The molecule has 0 fully saturated rings. The van der Waals surface area contributed by atoms with Gasteiger partial charge in [0, 0.05) is 11.8 Å². The summed E-state index contributed by atoms with van der Waals surface area (Å²) in [5.74, 6) is 0.696. The first-order chi connectivity index (χ1) is 14.8. The Morgan fingerprint density at radius 3 is 2.32 bits per heavy atom. The molecule has 0 unspecified atom stereocenters. The van der Waals surface area contributed by atoms with Gasteiger partial charge in [-0.1, -0.05) is 60.1 Å². The molecular formula is C22H18ClN5O2S. The van der Waals surface area contributed by atoms with Crippen LogP contribution in [-0.2, 0) is 10.0 Å². The van der Waals surface area contributed by atoms with Gasteiger partial charge >= 0.3 is 0 Å². The van der Waals surface area contributed by atoms with Crippen molar-refractivity contribution in [2.75, 3.05) is 5.32 Å². The number of nitrogens with two attached hydrogens (primary N) is 1. The molecule has 0 atom stereocenters. The molecule has 7 nitrogen and oxygen atoms in total. The van der Waals surface area contributed by atoms with Crippen LogP contribution in [0.3, 0.4) is 0 Å². The van der Waals surface area contributed by atoms with Crippen LogP contribution in [0.25, 0.3) is 22.4 Å². The maximum Gasteiger partial charge on any atom is 0.239 e. The second kappa shape index (κ2) is 8.43. The Balaban J connectivity index is 1.67. The van der Waals surface area contributed by atoms with Crippen molar-refractivity contribution in [3.8, 4) is 22.4 Å². The second-order valence-corrected chi connectivity index (χ2v) is 8.81. The number of aryl methyl sites for hydroxylation is 1. The minimum Gasteiger partial charge on any atom is -0.309 e. The Kier molecular flexibility index (Phi) is 5.69. The quantitative estimate of drug-likeness (QED) is 0.460. The molecule has 0 radical (unpaired) electrons. The van der Waals surface area contributed by atoms with Gasteiger partial charge in [-0.15, -0.1) is 0 Å². The Bertz CT molecular complexity index is 1360. The van der Waals surface area contributed by atoms with E-state index in [0.717, 1.165) is 16.7 Å². The number of pyridine rings is 1. The highest BCUT2D eigenvalue weighted by Gasteiger charge is 2.13. The molecule has 0 saturated heterocycles. The predicted octanol–water partition coefficient (Wildman–Crippen LogP) is 4.56. The summed E-state index contributed by atoms with van der Waals surface area (Å²) in [6.07, 6.45) is 2.69. The highest BCUT2D eigenvalue weighted by Crippen LogP contribution is 2.30. The Hall–Kier alpha value is -3.33. The van der Waals surface area contributed by atoms with Crippen molar-refractivity contribution in [3.05, 3.63) is 83.6 Å². The number of aromatic nitrogens is 3. The molecule has 0 bridgehead atoms. The number of primary sulfonamides is 1. The van der Waals surface area contributed by atoms with Crippen LogP contribution in [-0.4, -0.2) is 23.4 Å². The smallest absolute Gasteiger partial charge is 0.239 e. The fourth-order valence-electron chi connectivity index (χ4n) is 3.05. The van der Waals surface area contributed by atoms with Gasteiger partial charge in [0.05, 0.1) is 16.9 Å². The first kappa shape index (κ1) is 20.9. The highest BCUT2D eigenvalue weighted by atomic mass is 35.5. The highest BCUT2D eigenvalue weighted by molar-refractivity contribution is 7.89. The second-order valence-electron chi connectivity index (χ2n) is 6.84. The van der Waals surface area contributed by atoms with Crippen molar-refractivity contribution in [1.29, 1.82) is 0 Å². The summed E-state index contributed by atoms with van der Waals surface area (Å²) in [5.41, 5.74) is 4.11. The SMILES string of the molecule is Cc1cc(S(N)(=O)=O)cnc1Nc1ncc(Cl)c(-c2cccc(-c3ccccc3)c2)n1. The Morgan fingerprint density at radius 2 is 1.61 bits per heavy atom. The van der Waals surface area contributed by atoms with Crippen molar-refractivity contribution in [1.82, 2.24) is 15.0 Å². The lowest BCUT2D eigenvalue weighted by Crippen LogP contribution is -2.13. The molecular weight excluding hydrogens is 434 g/mol. The van der Waals surface area contributed by atoms with Gasteiger partial charge in [-0.3, -0.25) is 0 Å². The van der Waals surface area contributed by atoms with Gasteiger partial charge in [-0.2, -0.15) is 0 Å². The van der Waals surface area contributed by atoms with Crippen LogP contribution < -0.4 is 10.5 Å². The fourth-order valence-corrected chi connectivity index (χ4v) is 3.79. The van der Waals surface area contributed by atoms with E-state index in [-0.39, 0.29) is 10.8 Å². The minimum atomic E-state index is -3.83. The normalized spacial score (nSPS) is 11.3. The van der Waals surface area contributed by atoms with E-state index in [2.05, 4.69) is 20.3 Å². The summed E-state index contributed by atoms with van der Waals surface area (Å²) >= 11 is 6.39. The number of hydrogen-bond donors (Lipinski definition) is 2. The van der Waals surface area contributed by atoms with E-state index >= 15 is 0 Å². The number of hydrogen-bond acceptors (Lipinski definition) is 6. The van der Waals surface area contributed by atoms with Gasteiger partial charge in [-0.05, 0) is 35.7 Å². The first-order valence-corrected chi connectivity index (χ1v) is 11.2. The van der Waals surface area contributed by atoms with Crippen molar-refractivity contribution in [2.45, 2.75) is 11.8 Å².